The van der Waals surface area contributed by atoms with Gasteiger partial charge in [-0.15, -0.1) is 0 Å². The van der Waals surface area contributed by atoms with E-state index in [4.69, 9.17) is 9.47 Å². The Kier molecular flexibility index (Phi) is 12.8. The van der Waals surface area contributed by atoms with Gasteiger partial charge in [0.25, 0.3) is 0 Å². The van der Waals surface area contributed by atoms with Gasteiger partial charge in [0, 0.05) is 17.9 Å². The van der Waals surface area contributed by atoms with Crippen LogP contribution in [0.3, 0.4) is 0 Å². The van der Waals surface area contributed by atoms with Gasteiger partial charge in [0.05, 0.1) is 13.2 Å². The smallest absolute Gasteiger partial charge is 0.157 e. The molecule has 39 heavy (non-hydrogen) atoms. The lowest BCUT2D eigenvalue weighted by molar-refractivity contribution is -0.203. The van der Waals surface area contributed by atoms with Crippen molar-refractivity contribution in [3.8, 4) is 11.1 Å². The molecule has 0 radical (unpaired) electrons. The zero-order chi connectivity index (χ0) is 27.3. The fourth-order valence-corrected chi connectivity index (χ4v) is 6.58. The predicted molar refractivity (Wildman–Crippen MR) is 162 cm³/mol. The molecule has 0 aromatic heterocycles. The molecule has 4 rings (SSSR count). The lowest BCUT2D eigenvalue weighted by Gasteiger charge is -2.29. The molecular formula is C36H53FO2. The van der Waals surface area contributed by atoms with Crippen LogP contribution in [0.1, 0.15) is 127 Å². The number of hydrogen-bond acceptors (Lipinski definition) is 2. The minimum atomic E-state index is -0.0991. The molecule has 0 unspecified atom stereocenters. The van der Waals surface area contributed by atoms with Gasteiger partial charge in [-0.1, -0.05) is 108 Å². The Morgan fingerprint density at radius 3 is 2.03 bits per heavy atom. The van der Waals surface area contributed by atoms with E-state index < -0.39 is 0 Å². The molecule has 2 aliphatic rings. The largest absolute Gasteiger partial charge is 0.352 e. The number of benzene rings is 2. The molecule has 1 saturated carbocycles. The van der Waals surface area contributed by atoms with Crippen molar-refractivity contribution in [3.05, 3.63) is 59.4 Å². The highest BCUT2D eigenvalue weighted by Crippen LogP contribution is 2.39. The summed E-state index contributed by atoms with van der Waals surface area (Å²) in [7, 11) is 0. The highest BCUT2D eigenvalue weighted by atomic mass is 19.1. The molecule has 0 spiro atoms. The third kappa shape index (κ3) is 9.71. The minimum absolute atomic E-state index is 0.0872. The van der Waals surface area contributed by atoms with Gasteiger partial charge in [-0.25, -0.2) is 4.39 Å². The molecule has 0 atom stereocenters. The van der Waals surface area contributed by atoms with E-state index >= 15 is 4.39 Å². The molecule has 0 amide bonds. The van der Waals surface area contributed by atoms with E-state index in [0.29, 0.717) is 17.4 Å². The summed E-state index contributed by atoms with van der Waals surface area (Å²) in [5.74, 6) is 1.86. The van der Waals surface area contributed by atoms with E-state index in [-0.39, 0.29) is 12.1 Å². The molecule has 0 N–H and O–H groups in total. The number of unbranched alkanes of at least 4 members (excludes halogenated alkanes) is 6. The predicted octanol–water partition coefficient (Wildman–Crippen LogP) is 10.6. The molecule has 1 aliphatic heterocycles. The minimum Gasteiger partial charge on any atom is -0.352 e. The van der Waals surface area contributed by atoms with Gasteiger partial charge in [0.1, 0.15) is 5.82 Å². The first kappa shape index (κ1) is 30.3. The number of rotatable bonds is 15. The van der Waals surface area contributed by atoms with Crippen molar-refractivity contribution >= 4 is 0 Å². The van der Waals surface area contributed by atoms with Crippen LogP contribution in [0, 0.1) is 17.7 Å². The molecule has 1 saturated heterocycles. The van der Waals surface area contributed by atoms with E-state index in [1.54, 1.807) is 0 Å². The molecule has 3 heteroatoms. The Balaban J connectivity index is 1.20. The van der Waals surface area contributed by atoms with Crippen molar-refractivity contribution in [2.45, 2.75) is 129 Å². The molecule has 2 aromatic rings. The maximum absolute atomic E-state index is 15.2. The molecule has 1 heterocycles. The fourth-order valence-electron chi connectivity index (χ4n) is 6.58. The van der Waals surface area contributed by atoms with Gasteiger partial charge >= 0.3 is 0 Å². The maximum Gasteiger partial charge on any atom is 0.157 e. The molecule has 0 bridgehead atoms. The molecular weight excluding hydrogens is 483 g/mol. The van der Waals surface area contributed by atoms with Crippen molar-refractivity contribution in [1.82, 2.24) is 0 Å². The molecule has 216 valence electrons. The highest BCUT2D eigenvalue weighted by molar-refractivity contribution is 5.65. The quantitative estimate of drug-likeness (QED) is 0.211. The van der Waals surface area contributed by atoms with Crippen molar-refractivity contribution < 1.29 is 13.9 Å². The highest BCUT2D eigenvalue weighted by Gasteiger charge is 2.24. The van der Waals surface area contributed by atoms with Crippen molar-refractivity contribution in [2.24, 2.45) is 11.8 Å². The van der Waals surface area contributed by atoms with E-state index in [9.17, 15) is 0 Å². The van der Waals surface area contributed by atoms with Gasteiger partial charge in [0.15, 0.2) is 6.29 Å². The van der Waals surface area contributed by atoms with Crippen LogP contribution in [0.2, 0.25) is 0 Å². The average molecular weight is 537 g/mol. The van der Waals surface area contributed by atoms with E-state index in [1.165, 1.54) is 101 Å². The summed E-state index contributed by atoms with van der Waals surface area (Å²) in [5.41, 5.74) is 4.10. The monoisotopic (exact) mass is 536 g/mol. The second-order valence-electron chi connectivity index (χ2n) is 12.4. The Morgan fingerprint density at radius 2 is 1.33 bits per heavy atom. The lowest BCUT2D eigenvalue weighted by Crippen LogP contribution is -2.32. The normalized spacial score (nSPS) is 23.7. The Bertz CT molecular complexity index is 939. The number of aryl methyl sites for hydroxylation is 1. The second-order valence-corrected chi connectivity index (χ2v) is 12.4. The maximum atomic E-state index is 15.2. The SMILES string of the molecule is CCCCCCCC1CCC(c2ccc(-c3ccc(CCC4OCC(CCCCC)CO4)cc3)c(F)c2)CC1. The van der Waals surface area contributed by atoms with Crippen LogP contribution in [0.15, 0.2) is 42.5 Å². The number of ether oxygens (including phenoxy) is 2. The Labute approximate surface area is 238 Å². The summed E-state index contributed by atoms with van der Waals surface area (Å²) in [5, 5.41) is 0. The molecule has 2 fully saturated rings. The summed E-state index contributed by atoms with van der Waals surface area (Å²) >= 11 is 0. The van der Waals surface area contributed by atoms with Crippen LogP contribution in [0.25, 0.3) is 11.1 Å². The van der Waals surface area contributed by atoms with E-state index in [2.05, 4.69) is 44.2 Å². The molecule has 2 aromatic carbocycles. The van der Waals surface area contributed by atoms with Crippen molar-refractivity contribution in [2.75, 3.05) is 13.2 Å². The second kappa shape index (κ2) is 16.5. The molecule has 1 aliphatic carbocycles. The van der Waals surface area contributed by atoms with Gasteiger partial charge in [0.2, 0.25) is 0 Å². The fraction of sp³-hybridized carbons (Fsp3) is 0.667. The van der Waals surface area contributed by atoms with Crippen LogP contribution in [-0.2, 0) is 15.9 Å². The standard InChI is InChI=1S/C36H53FO2/c1-3-5-7-8-10-11-28-13-18-31(19-14-28)33-22-23-34(35(37)25-33)32-20-15-29(16-21-32)17-24-36-38-26-30(27-39-36)12-9-6-4-2/h15-16,20-23,25,28,30-31,36H,3-14,17-19,24,26-27H2,1-2H3. The number of hydrogen-bond donors (Lipinski definition) is 0. The Hall–Kier alpha value is -1.71. The summed E-state index contributed by atoms with van der Waals surface area (Å²) in [6.07, 6.45) is 20.0. The summed E-state index contributed by atoms with van der Waals surface area (Å²) < 4.78 is 27.2. The van der Waals surface area contributed by atoms with Crippen LogP contribution < -0.4 is 0 Å². The summed E-state index contributed by atoms with van der Waals surface area (Å²) in [6, 6.07) is 14.4. The Morgan fingerprint density at radius 1 is 0.692 bits per heavy atom. The van der Waals surface area contributed by atoms with E-state index in [0.717, 1.165) is 37.5 Å². The van der Waals surface area contributed by atoms with Crippen LogP contribution >= 0.6 is 0 Å². The molecule has 2 nitrogen and oxygen atoms in total. The van der Waals surface area contributed by atoms with Crippen LogP contribution in [-0.4, -0.2) is 19.5 Å². The van der Waals surface area contributed by atoms with Gasteiger partial charge in [-0.05, 0) is 73.1 Å². The van der Waals surface area contributed by atoms with Gasteiger partial charge in [-0.2, -0.15) is 0 Å². The summed E-state index contributed by atoms with van der Waals surface area (Å²) in [6.45, 7) is 6.17. The summed E-state index contributed by atoms with van der Waals surface area (Å²) in [4.78, 5) is 0. The van der Waals surface area contributed by atoms with Crippen LogP contribution in [0.4, 0.5) is 4.39 Å². The number of halogens is 1. The van der Waals surface area contributed by atoms with Crippen molar-refractivity contribution in [3.63, 3.8) is 0 Å². The first-order chi connectivity index (χ1) is 19.2. The van der Waals surface area contributed by atoms with Gasteiger partial charge in [-0.3, -0.25) is 0 Å². The topological polar surface area (TPSA) is 18.5 Å². The lowest BCUT2D eigenvalue weighted by atomic mass is 9.77. The first-order valence-electron chi connectivity index (χ1n) is 16.3. The van der Waals surface area contributed by atoms with Gasteiger partial charge < -0.3 is 9.47 Å². The van der Waals surface area contributed by atoms with E-state index in [1.807, 2.05) is 12.1 Å². The zero-order valence-electron chi connectivity index (χ0n) is 24.8. The third-order valence-electron chi connectivity index (χ3n) is 9.21. The average Bonchev–Trinajstić information content (AvgIpc) is 2.97. The first-order valence-corrected chi connectivity index (χ1v) is 16.3. The third-order valence-corrected chi connectivity index (χ3v) is 9.21. The van der Waals surface area contributed by atoms with Crippen LogP contribution in [0.5, 0.6) is 0 Å². The zero-order valence-corrected chi connectivity index (χ0v) is 24.8. The van der Waals surface area contributed by atoms with Crippen molar-refractivity contribution in [1.29, 1.82) is 0 Å².